The van der Waals surface area contributed by atoms with E-state index >= 15 is 0 Å². The van der Waals surface area contributed by atoms with Crippen molar-refractivity contribution in [3.63, 3.8) is 0 Å². The SMILES string of the molecule is CCn1cc(C(=O)N2CCCC(N(CCN3CCCCC3)S(C)(=O)=O)C2)cn1. The van der Waals surface area contributed by atoms with Crippen LogP contribution in [0, 0.1) is 0 Å². The lowest BCUT2D eigenvalue weighted by molar-refractivity contribution is 0.0647. The molecule has 2 aliphatic heterocycles. The van der Waals surface area contributed by atoms with E-state index in [0.29, 0.717) is 31.7 Å². The molecule has 0 aliphatic carbocycles. The molecule has 1 amide bonds. The number of rotatable bonds is 7. The van der Waals surface area contributed by atoms with Gasteiger partial charge in [0.2, 0.25) is 10.0 Å². The lowest BCUT2D eigenvalue weighted by Gasteiger charge is -2.39. The fourth-order valence-corrected chi connectivity index (χ4v) is 5.37. The van der Waals surface area contributed by atoms with Crippen LogP contribution in [-0.4, -0.2) is 89.8 Å². The summed E-state index contributed by atoms with van der Waals surface area (Å²) in [4.78, 5) is 17.0. The average Bonchev–Trinajstić information content (AvgIpc) is 3.17. The predicted molar refractivity (Wildman–Crippen MR) is 109 cm³/mol. The molecule has 3 rings (SSSR count). The molecule has 2 aliphatic rings. The largest absolute Gasteiger partial charge is 0.337 e. The van der Waals surface area contributed by atoms with Crippen molar-refractivity contribution < 1.29 is 13.2 Å². The Morgan fingerprint density at radius 3 is 2.61 bits per heavy atom. The molecule has 1 aromatic rings. The Morgan fingerprint density at radius 1 is 1.21 bits per heavy atom. The van der Waals surface area contributed by atoms with Crippen LogP contribution in [0.25, 0.3) is 0 Å². The Kier molecular flexibility index (Phi) is 7.11. The standard InChI is InChI=1S/C19H33N5O3S/c1-3-23-15-17(14-20-23)19(25)22-11-7-8-18(16-22)24(28(2,26)27)13-12-21-9-5-4-6-10-21/h14-15,18H,3-13,16H2,1-2H3. The third-order valence-electron chi connectivity index (χ3n) is 5.81. The van der Waals surface area contributed by atoms with Crippen LogP contribution < -0.4 is 0 Å². The number of aryl methyl sites for hydroxylation is 1. The highest BCUT2D eigenvalue weighted by Gasteiger charge is 2.33. The van der Waals surface area contributed by atoms with Gasteiger partial charge < -0.3 is 9.80 Å². The molecule has 3 heterocycles. The van der Waals surface area contributed by atoms with E-state index in [-0.39, 0.29) is 11.9 Å². The van der Waals surface area contributed by atoms with Crippen molar-refractivity contribution in [2.75, 3.05) is 45.5 Å². The summed E-state index contributed by atoms with van der Waals surface area (Å²) in [6.07, 6.45) is 9.90. The number of hydrogen-bond donors (Lipinski definition) is 0. The van der Waals surface area contributed by atoms with E-state index < -0.39 is 10.0 Å². The molecular weight excluding hydrogens is 378 g/mol. The zero-order chi connectivity index (χ0) is 20.1. The normalized spacial score (nSPS) is 22.0. The number of carbonyl (C=O) groups is 1. The van der Waals surface area contributed by atoms with Gasteiger partial charge in [0.1, 0.15) is 0 Å². The Morgan fingerprint density at radius 2 is 1.96 bits per heavy atom. The number of piperidine rings is 2. The summed E-state index contributed by atoms with van der Waals surface area (Å²) in [6.45, 7) is 7.17. The van der Waals surface area contributed by atoms with Crippen LogP contribution in [0.3, 0.4) is 0 Å². The number of likely N-dealkylation sites (tertiary alicyclic amines) is 2. The van der Waals surface area contributed by atoms with E-state index in [1.54, 1.807) is 26.3 Å². The van der Waals surface area contributed by atoms with Gasteiger partial charge in [-0.25, -0.2) is 8.42 Å². The van der Waals surface area contributed by atoms with Gasteiger partial charge >= 0.3 is 0 Å². The van der Waals surface area contributed by atoms with Crippen molar-refractivity contribution in [3.05, 3.63) is 18.0 Å². The minimum Gasteiger partial charge on any atom is -0.337 e. The van der Waals surface area contributed by atoms with E-state index in [4.69, 9.17) is 0 Å². The van der Waals surface area contributed by atoms with Crippen LogP contribution in [0.2, 0.25) is 0 Å². The maximum Gasteiger partial charge on any atom is 0.257 e. The second kappa shape index (κ2) is 9.37. The third-order valence-corrected chi connectivity index (χ3v) is 7.14. The summed E-state index contributed by atoms with van der Waals surface area (Å²) >= 11 is 0. The second-order valence-electron chi connectivity index (χ2n) is 7.91. The molecule has 1 unspecified atom stereocenters. The molecule has 2 saturated heterocycles. The van der Waals surface area contributed by atoms with E-state index in [9.17, 15) is 13.2 Å². The van der Waals surface area contributed by atoms with Crippen LogP contribution in [0.5, 0.6) is 0 Å². The molecule has 0 radical (unpaired) electrons. The highest BCUT2D eigenvalue weighted by atomic mass is 32.2. The first-order valence-electron chi connectivity index (χ1n) is 10.4. The maximum absolute atomic E-state index is 12.8. The van der Waals surface area contributed by atoms with Crippen molar-refractivity contribution in [3.8, 4) is 0 Å². The monoisotopic (exact) mass is 411 g/mol. The van der Waals surface area contributed by atoms with Gasteiger partial charge in [-0.15, -0.1) is 0 Å². The van der Waals surface area contributed by atoms with Crippen molar-refractivity contribution in [2.45, 2.75) is 51.6 Å². The summed E-state index contributed by atoms with van der Waals surface area (Å²) in [6, 6.07) is -0.154. The van der Waals surface area contributed by atoms with Gasteiger partial charge in [0.15, 0.2) is 0 Å². The van der Waals surface area contributed by atoms with E-state index in [1.165, 1.54) is 25.5 Å². The van der Waals surface area contributed by atoms with Crippen LogP contribution in [0.15, 0.2) is 12.4 Å². The lowest BCUT2D eigenvalue weighted by Crippen LogP contribution is -2.53. The zero-order valence-corrected chi connectivity index (χ0v) is 17.9. The first-order valence-corrected chi connectivity index (χ1v) is 12.2. The van der Waals surface area contributed by atoms with Gasteiger partial charge in [0, 0.05) is 45.0 Å². The van der Waals surface area contributed by atoms with Crippen molar-refractivity contribution in [1.29, 1.82) is 0 Å². The van der Waals surface area contributed by atoms with Crippen LogP contribution in [0.1, 0.15) is 49.4 Å². The number of hydrogen-bond acceptors (Lipinski definition) is 5. The van der Waals surface area contributed by atoms with Gasteiger partial charge in [0.25, 0.3) is 5.91 Å². The summed E-state index contributed by atoms with van der Waals surface area (Å²) in [5.74, 6) is -0.0612. The van der Waals surface area contributed by atoms with Gasteiger partial charge in [-0.05, 0) is 45.7 Å². The summed E-state index contributed by atoms with van der Waals surface area (Å²) in [5, 5.41) is 4.18. The molecule has 0 aromatic carbocycles. The maximum atomic E-state index is 12.8. The highest BCUT2D eigenvalue weighted by molar-refractivity contribution is 7.88. The topological polar surface area (TPSA) is 78.8 Å². The van der Waals surface area contributed by atoms with Gasteiger partial charge in [0.05, 0.1) is 18.0 Å². The van der Waals surface area contributed by atoms with Crippen molar-refractivity contribution >= 4 is 15.9 Å². The van der Waals surface area contributed by atoms with Crippen LogP contribution in [-0.2, 0) is 16.6 Å². The zero-order valence-electron chi connectivity index (χ0n) is 17.1. The molecule has 1 atom stereocenters. The molecule has 158 valence electrons. The van der Waals surface area contributed by atoms with Crippen LogP contribution >= 0.6 is 0 Å². The van der Waals surface area contributed by atoms with Gasteiger partial charge in [-0.1, -0.05) is 6.42 Å². The molecule has 0 saturated carbocycles. The van der Waals surface area contributed by atoms with Gasteiger partial charge in [-0.3, -0.25) is 9.48 Å². The third kappa shape index (κ3) is 5.33. The fraction of sp³-hybridized carbons (Fsp3) is 0.789. The van der Waals surface area contributed by atoms with Crippen molar-refractivity contribution in [2.24, 2.45) is 0 Å². The minimum absolute atomic E-state index is 0.0612. The first kappa shape index (κ1) is 21.3. The van der Waals surface area contributed by atoms with E-state index in [2.05, 4.69) is 10.00 Å². The van der Waals surface area contributed by atoms with Crippen molar-refractivity contribution in [1.82, 2.24) is 23.9 Å². The number of sulfonamides is 1. The van der Waals surface area contributed by atoms with Gasteiger partial charge in [-0.2, -0.15) is 9.40 Å². The number of carbonyl (C=O) groups excluding carboxylic acids is 1. The highest BCUT2D eigenvalue weighted by Crippen LogP contribution is 2.21. The quantitative estimate of drug-likeness (QED) is 0.675. The minimum atomic E-state index is -3.33. The summed E-state index contributed by atoms with van der Waals surface area (Å²) < 4.78 is 28.3. The average molecular weight is 412 g/mol. The summed E-state index contributed by atoms with van der Waals surface area (Å²) in [5.41, 5.74) is 0.571. The van der Waals surface area contributed by atoms with E-state index in [1.807, 2.05) is 6.92 Å². The molecule has 0 N–H and O–H groups in total. The smallest absolute Gasteiger partial charge is 0.257 e. The van der Waals surface area contributed by atoms with Crippen LogP contribution in [0.4, 0.5) is 0 Å². The molecule has 9 heteroatoms. The molecule has 2 fully saturated rings. The fourth-order valence-electron chi connectivity index (χ4n) is 4.25. The number of amides is 1. The Balaban J connectivity index is 1.65. The molecular formula is C19H33N5O3S. The summed E-state index contributed by atoms with van der Waals surface area (Å²) in [7, 11) is -3.33. The Hall–Kier alpha value is -1.45. The lowest BCUT2D eigenvalue weighted by atomic mass is 10.0. The Labute approximate surface area is 168 Å². The Bertz CT molecular complexity index is 757. The van der Waals surface area contributed by atoms with E-state index in [0.717, 1.165) is 32.5 Å². The molecule has 1 aromatic heterocycles. The number of nitrogens with zero attached hydrogens (tertiary/aromatic N) is 5. The molecule has 28 heavy (non-hydrogen) atoms. The second-order valence-corrected chi connectivity index (χ2v) is 9.84. The first-order chi connectivity index (χ1) is 13.4. The predicted octanol–water partition coefficient (Wildman–Crippen LogP) is 1.26. The molecule has 8 nitrogen and oxygen atoms in total. The molecule has 0 spiro atoms. The molecule has 0 bridgehead atoms. The number of aromatic nitrogens is 2.